The van der Waals surface area contributed by atoms with Crippen molar-refractivity contribution in [3.63, 3.8) is 0 Å². The van der Waals surface area contributed by atoms with Crippen LogP contribution in [0.2, 0.25) is 0 Å². The van der Waals surface area contributed by atoms with Crippen molar-refractivity contribution in [1.29, 1.82) is 0 Å². The van der Waals surface area contributed by atoms with Crippen LogP contribution in [-0.2, 0) is 4.79 Å². The third kappa shape index (κ3) is 6.82. The van der Waals surface area contributed by atoms with E-state index in [0.717, 1.165) is 5.75 Å². The van der Waals surface area contributed by atoms with Gasteiger partial charge in [0, 0.05) is 18.6 Å². The molecule has 4 nitrogen and oxygen atoms in total. The minimum atomic E-state index is -0.355. The molecule has 0 spiro atoms. The quantitative estimate of drug-likeness (QED) is 0.708. The van der Waals surface area contributed by atoms with E-state index in [4.69, 9.17) is 9.84 Å². The lowest BCUT2D eigenvalue weighted by Crippen LogP contribution is -2.44. The van der Waals surface area contributed by atoms with Crippen LogP contribution in [-0.4, -0.2) is 29.8 Å². The number of benzene rings is 1. The molecule has 2 N–H and O–H groups in total. The monoisotopic (exact) mass is 265 g/mol. The highest BCUT2D eigenvalue weighted by Crippen LogP contribution is 2.10. The van der Waals surface area contributed by atoms with E-state index in [2.05, 4.69) is 5.32 Å². The van der Waals surface area contributed by atoms with E-state index >= 15 is 0 Å². The second-order valence-corrected chi connectivity index (χ2v) is 5.17. The zero-order valence-corrected chi connectivity index (χ0v) is 11.7. The van der Waals surface area contributed by atoms with Crippen molar-refractivity contribution in [2.75, 3.05) is 13.2 Å². The second-order valence-electron chi connectivity index (χ2n) is 5.17. The summed E-state index contributed by atoms with van der Waals surface area (Å²) < 4.78 is 5.51. The molecule has 0 aromatic heterocycles. The van der Waals surface area contributed by atoms with E-state index in [0.29, 0.717) is 25.9 Å². The molecule has 0 aliphatic carbocycles. The highest BCUT2D eigenvalue weighted by Gasteiger charge is 2.19. The van der Waals surface area contributed by atoms with Gasteiger partial charge in [-0.1, -0.05) is 18.2 Å². The van der Waals surface area contributed by atoms with Gasteiger partial charge < -0.3 is 15.2 Å². The molecule has 0 saturated heterocycles. The largest absolute Gasteiger partial charge is 0.494 e. The fourth-order valence-electron chi connectivity index (χ4n) is 1.72. The van der Waals surface area contributed by atoms with Crippen LogP contribution < -0.4 is 10.1 Å². The predicted molar refractivity (Wildman–Crippen MR) is 75.1 cm³/mol. The number of amides is 1. The summed E-state index contributed by atoms with van der Waals surface area (Å²) in [6.45, 7) is 4.41. The van der Waals surface area contributed by atoms with Gasteiger partial charge >= 0.3 is 0 Å². The molecule has 4 heteroatoms. The van der Waals surface area contributed by atoms with Crippen molar-refractivity contribution in [1.82, 2.24) is 5.32 Å². The first kappa shape index (κ1) is 15.5. The summed E-state index contributed by atoms with van der Waals surface area (Å²) in [6, 6.07) is 9.55. The van der Waals surface area contributed by atoms with Gasteiger partial charge in [0.05, 0.1) is 6.61 Å². The fraction of sp³-hybridized carbons (Fsp3) is 0.533. The summed E-state index contributed by atoms with van der Waals surface area (Å²) in [5.41, 5.74) is -0.355. The highest BCUT2D eigenvalue weighted by molar-refractivity contribution is 5.76. The van der Waals surface area contributed by atoms with E-state index in [1.165, 1.54) is 0 Å². The second kappa shape index (κ2) is 7.79. The molecule has 0 radical (unpaired) electrons. The van der Waals surface area contributed by atoms with Crippen molar-refractivity contribution < 1.29 is 14.6 Å². The Hall–Kier alpha value is -1.55. The molecule has 1 aromatic rings. The van der Waals surface area contributed by atoms with Crippen LogP contribution in [0.1, 0.15) is 33.1 Å². The van der Waals surface area contributed by atoms with Crippen LogP contribution in [0.25, 0.3) is 0 Å². The lowest BCUT2D eigenvalue weighted by molar-refractivity contribution is -0.123. The summed E-state index contributed by atoms with van der Waals surface area (Å²) in [7, 11) is 0. The molecule has 0 aliphatic heterocycles. The molecule has 1 aromatic carbocycles. The van der Waals surface area contributed by atoms with Gasteiger partial charge in [-0.2, -0.15) is 0 Å². The van der Waals surface area contributed by atoms with Crippen LogP contribution in [0.3, 0.4) is 0 Å². The van der Waals surface area contributed by atoms with E-state index in [1.807, 2.05) is 44.2 Å². The van der Waals surface area contributed by atoms with Gasteiger partial charge in [-0.3, -0.25) is 4.79 Å². The molecule has 1 amide bonds. The van der Waals surface area contributed by atoms with E-state index in [9.17, 15) is 4.79 Å². The Morgan fingerprint density at radius 3 is 2.63 bits per heavy atom. The van der Waals surface area contributed by atoms with Crippen molar-refractivity contribution in [3.8, 4) is 5.75 Å². The number of rotatable bonds is 8. The predicted octanol–water partition coefficient (Wildman–Crippen LogP) is 2.12. The summed E-state index contributed by atoms with van der Waals surface area (Å²) in [6.07, 6.45) is 1.66. The Kier molecular flexibility index (Phi) is 6.36. The minimum Gasteiger partial charge on any atom is -0.494 e. The van der Waals surface area contributed by atoms with Gasteiger partial charge in [0.15, 0.2) is 0 Å². The number of nitrogens with one attached hydrogen (secondary N) is 1. The standard InChI is InChI=1S/C15H23NO3/c1-15(2,10-11-17)16-14(18)9-6-12-19-13-7-4-3-5-8-13/h3-5,7-8,17H,6,9-12H2,1-2H3,(H,16,18). The van der Waals surface area contributed by atoms with E-state index in [1.54, 1.807) is 0 Å². The lowest BCUT2D eigenvalue weighted by Gasteiger charge is -2.25. The number of carbonyl (C=O) groups is 1. The topological polar surface area (TPSA) is 58.6 Å². The number of para-hydroxylation sites is 1. The van der Waals surface area contributed by atoms with Crippen molar-refractivity contribution in [2.24, 2.45) is 0 Å². The molecule has 0 fully saturated rings. The maximum Gasteiger partial charge on any atom is 0.220 e. The summed E-state index contributed by atoms with van der Waals surface area (Å²) >= 11 is 0. The number of ether oxygens (including phenoxy) is 1. The minimum absolute atomic E-state index is 0.00453. The van der Waals surface area contributed by atoms with Gasteiger partial charge in [-0.25, -0.2) is 0 Å². The average Bonchev–Trinajstić information content (AvgIpc) is 2.35. The SMILES string of the molecule is CC(C)(CCO)NC(=O)CCCOc1ccccc1. The van der Waals surface area contributed by atoms with Gasteiger partial charge in [-0.15, -0.1) is 0 Å². The lowest BCUT2D eigenvalue weighted by atomic mass is 10.0. The number of aliphatic hydroxyl groups excluding tert-OH is 1. The van der Waals surface area contributed by atoms with Gasteiger partial charge in [-0.05, 0) is 38.8 Å². The van der Waals surface area contributed by atoms with Crippen LogP contribution >= 0.6 is 0 Å². The first-order valence-corrected chi connectivity index (χ1v) is 6.63. The van der Waals surface area contributed by atoms with Crippen LogP contribution in [0, 0.1) is 0 Å². The molecule has 1 rings (SSSR count). The number of carbonyl (C=O) groups excluding carboxylic acids is 1. The van der Waals surface area contributed by atoms with Gasteiger partial charge in [0.2, 0.25) is 5.91 Å². The van der Waals surface area contributed by atoms with Crippen molar-refractivity contribution in [2.45, 2.75) is 38.6 Å². The molecule has 0 aliphatic rings. The molecular weight excluding hydrogens is 242 g/mol. The molecular formula is C15H23NO3. The fourth-order valence-corrected chi connectivity index (χ4v) is 1.72. The van der Waals surface area contributed by atoms with Crippen LogP contribution in [0.4, 0.5) is 0 Å². The molecule has 0 unspecified atom stereocenters. The smallest absolute Gasteiger partial charge is 0.220 e. The third-order valence-corrected chi connectivity index (χ3v) is 2.77. The first-order chi connectivity index (χ1) is 9.03. The number of hydrogen-bond acceptors (Lipinski definition) is 3. The summed E-state index contributed by atoms with van der Waals surface area (Å²) in [4.78, 5) is 11.7. The van der Waals surface area contributed by atoms with Crippen molar-refractivity contribution in [3.05, 3.63) is 30.3 Å². The number of aliphatic hydroxyl groups is 1. The Labute approximate surface area is 114 Å². The Balaban J connectivity index is 2.17. The number of hydrogen-bond donors (Lipinski definition) is 2. The van der Waals surface area contributed by atoms with Gasteiger partial charge in [0.25, 0.3) is 0 Å². The van der Waals surface area contributed by atoms with Gasteiger partial charge in [0.1, 0.15) is 5.75 Å². The van der Waals surface area contributed by atoms with Crippen LogP contribution in [0.15, 0.2) is 30.3 Å². The zero-order chi connectivity index (χ0) is 14.1. The molecule has 0 heterocycles. The first-order valence-electron chi connectivity index (χ1n) is 6.63. The molecule has 19 heavy (non-hydrogen) atoms. The molecule has 0 atom stereocenters. The van der Waals surface area contributed by atoms with Crippen LogP contribution in [0.5, 0.6) is 5.75 Å². The molecule has 0 bridgehead atoms. The normalized spacial score (nSPS) is 11.1. The highest BCUT2D eigenvalue weighted by atomic mass is 16.5. The van der Waals surface area contributed by atoms with E-state index in [-0.39, 0.29) is 18.1 Å². The Morgan fingerprint density at radius 1 is 1.32 bits per heavy atom. The summed E-state index contributed by atoms with van der Waals surface area (Å²) in [5, 5.41) is 11.8. The average molecular weight is 265 g/mol. The zero-order valence-electron chi connectivity index (χ0n) is 11.7. The Bertz CT molecular complexity index is 376. The third-order valence-electron chi connectivity index (χ3n) is 2.77. The molecule has 106 valence electrons. The summed E-state index contributed by atoms with van der Waals surface area (Å²) in [5.74, 6) is 0.818. The Morgan fingerprint density at radius 2 is 2.00 bits per heavy atom. The van der Waals surface area contributed by atoms with E-state index < -0.39 is 0 Å². The molecule has 0 saturated carbocycles. The maximum absolute atomic E-state index is 11.7. The van der Waals surface area contributed by atoms with Crippen molar-refractivity contribution >= 4 is 5.91 Å². The maximum atomic E-state index is 11.7.